The van der Waals surface area contributed by atoms with Gasteiger partial charge in [0, 0.05) is 36.9 Å². The number of nitrogens with zero attached hydrogens (tertiary/aromatic N) is 3. The minimum absolute atomic E-state index is 0.669. The second-order valence-corrected chi connectivity index (χ2v) is 6.15. The van der Waals surface area contributed by atoms with E-state index in [1.165, 1.54) is 62.3 Å². The van der Waals surface area contributed by atoms with Crippen molar-refractivity contribution in [3.63, 3.8) is 0 Å². The van der Waals surface area contributed by atoms with Gasteiger partial charge in [0.15, 0.2) is 0 Å². The van der Waals surface area contributed by atoms with E-state index in [4.69, 9.17) is 0 Å². The molecule has 0 unspecified atom stereocenters. The highest BCUT2D eigenvalue weighted by Crippen LogP contribution is 2.34. The fraction of sp³-hybridized carbons (Fsp3) is 0.733. The van der Waals surface area contributed by atoms with Crippen LogP contribution in [0.2, 0.25) is 0 Å². The number of fused-ring (bicyclic) bond motifs is 2. The molecule has 4 heteroatoms. The summed E-state index contributed by atoms with van der Waals surface area (Å²) in [4.78, 5) is 11.8. The lowest BCUT2D eigenvalue weighted by atomic mass is 10.0. The zero-order valence-corrected chi connectivity index (χ0v) is 11.4. The standard InChI is InChI=1S/C15H22N4/c1-2-4-12-13(5-3-1)17-10-18-15(12)19-7-6-11-8-16-9-14(11)19/h10-11,14,16H,1-9H2/t11-,14+/m0/s1. The van der Waals surface area contributed by atoms with E-state index in [-0.39, 0.29) is 0 Å². The molecule has 0 spiro atoms. The van der Waals surface area contributed by atoms with Crippen molar-refractivity contribution in [1.29, 1.82) is 0 Å². The third kappa shape index (κ3) is 1.93. The Hall–Kier alpha value is -1.16. The van der Waals surface area contributed by atoms with E-state index >= 15 is 0 Å². The Labute approximate surface area is 114 Å². The van der Waals surface area contributed by atoms with E-state index in [0.717, 1.165) is 18.9 Å². The van der Waals surface area contributed by atoms with Gasteiger partial charge in [-0.15, -0.1) is 0 Å². The summed E-state index contributed by atoms with van der Waals surface area (Å²) in [5.74, 6) is 2.08. The van der Waals surface area contributed by atoms with Crippen LogP contribution in [0.3, 0.4) is 0 Å². The molecule has 3 aliphatic rings. The minimum atomic E-state index is 0.669. The van der Waals surface area contributed by atoms with Crippen LogP contribution in [-0.2, 0) is 12.8 Å². The second kappa shape index (κ2) is 4.75. The first-order chi connectivity index (χ1) is 9.43. The van der Waals surface area contributed by atoms with E-state index in [1.54, 1.807) is 6.33 Å². The lowest BCUT2D eigenvalue weighted by molar-refractivity contribution is 0.576. The number of hydrogen-bond donors (Lipinski definition) is 1. The van der Waals surface area contributed by atoms with Crippen LogP contribution >= 0.6 is 0 Å². The van der Waals surface area contributed by atoms with Crippen molar-refractivity contribution in [1.82, 2.24) is 15.3 Å². The topological polar surface area (TPSA) is 41.1 Å². The highest BCUT2D eigenvalue weighted by Gasteiger charge is 2.39. The lowest BCUT2D eigenvalue weighted by Gasteiger charge is -2.27. The summed E-state index contributed by atoms with van der Waals surface area (Å²) in [7, 11) is 0. The molecule has 102 valence electrons. The molecule has 2 atom stereocenters. The van der Waals surface area contributed by atoms with Crippen LogP contribution in [-0.4, -0.2) is 35.6 Å². The molecule has 0 saturated carbocycles. The summed E-state index contributed by atoms with van der Waals surface area (Å²) in [5.41, 5.74) is 2.77. The zero-order chi connectivity index (χ0) is 12.7. The number of anilines is 1. The first kappa shape index (κ1) is 11.6. The summed E-state index contributed by atoms with van der Waals surface area (Å²) >= 11 is 0. The number of aryl methyl sites for hydroxylation is 1. The van der Waals surface area contributed by atoms with Gasteiger partial charge in [-0.05, 0) is 38.0 Å². The van der Waals surface area contributed by atoms with Crippen molar-refractivity contribution in [3.8, 4) is 0 Å². The highest BCUT2D eigenvalue weighted by molar-refractivity contribution is 5.51. The van der Waals surface area contributed by atoms with Gasteiger partial charge in [0.2, 0.25) is 0 Å². The van der Waals surface area contributed by atoms with Crippen molar-refractivity contribution in [2.75, 3.05) is 24.5 Å². The smallest absolute Gasteiger partial charge is 0.135 e. The molecular weight excluding hydrogens is 236 g/mol. The summed E-state index contributed by atoms with van der Waals surface area (Å²) in [6.07, 6.45) is 9.34. The van der Waals surface area contributed by atoms with Gasteiger partial charge in [-0.3, -0.25) is 0 Å². The van der Waals surface area contributed by atoms with Gasteiger partial charge in [-0.1, -0.05) is 6.42 Å². The zero-order valence-electron chi connectivity index (χ0n) is 11.4. The van der Waals surface area contributed by atoms with Crippen molar-refractivity contribution in [2.24, 2.45) is 5.92 Å². The Balaban J connectivity index is 1.71. The molecule has 4 nitrogen and oxygen atoms in total. The Morgan fingerprint density at radius 2 is 2.05 bits per heavy atom. The fourth-order valence-electron chi connectivity index (χ4n) is 4.04. The largest absolute Gasteiger partial charge is 0.352 e. The maximum Gasteiger partial charge on any atom is 0.135 e. The predicted octanol–water partition coefficient (Wildman–Crippen LogP) is 1.54. The summed E-state index contributed by atoms with van der Waals surface area (Å²) in [5, 5.41) is 3.53. The maximum absolute atomic E-state index is 4.66. The van der Waals surface area contributed by atoms with Crippen molar-refractivity contribution < 1.29 is 0 Å². The third-order valence-electron chi connectivity index (χ3n) is 5.07. The van der Waals surface area contributed by atoms with Gasteiger partial charge in [0.1, 0.15) is 12.1 Å². The minimum Gasteiger partial charge on any atom is -0.352 e. The first-order valence-electron chi connectivity index (χ1n) is 7.73. The number of aromatic nitrogens is 2. The molecule has 2 aliphatic heterocycles. The normalized spacial score (nSPS) is 30.0. The van der Waals surface area contributed by atoms with Crippen LogP contribution in [0.1, 0.15) is 36.9 Å². The van der Waals surface area contributed by atoms with Gasteiger partial charge < -0.3 is 10.2 Å². The predicted molar refractivity (Wildman–Crippen MR) is 75.4 cm³/mol. The van der Waals surface area contributed by atoms with Gasteiger partial charge in [0.05, 0.1) is 0 Å². The third-order valence-corrected chi connectivity index (χ3v) is 5.07. The van der Waals surface area contributed by atoms with Crippen LogP contribution in [0, 0.1) is 5.92 Å². The summed E-state index contributed by atoms with van der Waals surface area (Å²) in [6.45, 7) is 3.50. The van der Waals surface area contributed by atoms with E-state index in [1.807, 2.05) is 0 Å². The lowest BCUT2D eigenvalue weighted by Crippen LogP contribution is -2.35. The quantitative estimate of drug-likeness (QED) is 0.776. The molecule has 2 saturated heterocycles. The Kier molecular flexibility index (Phi) is 2.91. The van der Waals surface area contributed by atoms with E-state index in [9.17, 15) is 0 Å². The molecule has 3 heterocycles. The van der Waals surface area contributed by atoms with Gasteiger partial charge >= 0.3 is 0 Å². The van der Waals surface area contributed by atoms with Crippen LogP contribution < -0.4 is 10.2 Å². The summed E-state index contributed by atoms with van der Waals surface area (Å²) in [6, 6.07) is 0.669. The number of hydrogen-bond acceptors (Lipinski definition) is 4. The molecule has 0 radical (unpaired) electrons. The molecule has 1 aromatic heterocycles. The molecule has 0 aromatic carbocycles. The van der Waals surface area contributed by atoms with Gasteiger partial charge in [-0.2, -0.15) is 0 Å². The molecule has 2 fully saturated rings. The first-order valence-corrected chi connectivity index (χ1v) is 7.73. The van der Waals surface area contributed by atoms with Crippen LogP contribution in [0.25, 0.3) is 0 Å². The Morgan fingerprint density at radius 3 is 3.05 bits per heavy atom. The van der Waals surface area contributed by atoms with Crippen LogP contribution in [0.4, 0.5) is 5.82 Å². The molecule has 19 heavy (non-hydrogen) atoms. The molecular formula is C15H22N4. The monoisotopic (exact) mass is 258 g/mol. The fourth-order valence-corrected chi connectivity index (χ4v) is 4.04. The maximum atomic E-state index is 4.66. The number of rotatable bonds is 1. The summed E-state index contributed by atoms with van der Waals surface area (Å²) < 4.78 is 0. The average molecular weight is 258 g/mol. The van der Waals surface area contributed by atoms with Crippen molar-refractivity contribution >= 4 is 5.82 Å². The van der Waals surface area contributed by atoms with Crippen LogP contribution in [0.5, 0.6) is 0 Å². The van der Waals surface area contributed by atoms with Gasteiger partial charge in [0.25, 0.3) is 0 Å². The molecule has 0 bridgehead atoms. The molecule has 1 aliphatic carbocycles. The van der Waals surface area contributed by atoms with E-state index in [0.29, 0.717) is 6.04 Å². The van der Waals surface area contributed by atoms with Crippen LogP contribution in [0.15, 0.2) is 6.33 Å². The molecule has 4 rings (SSSR count). The molecule has 0 amide bonds. The average Bonchev–Trinajstić information content (AvgIpc) is 2.95. The SMILES string of the molecule is c1nc2c(c(N3CC[C@H]4CNC[C@H]43)n1)CCCCC2. The highest BCUT2D eigenvalue weighted by atomic mass is 15.3. The van der Waals surface area contributed by atoms with Crippen molar-refractivity contribution in [2.45, 2.75) is 44.6 Å². The van der Waals surface area contributed by atoms with Crippen molar-refractivity contribution in [3.05, 3.63) is 17.6 Å². The number of nitrogens with one attached hydrogen (secondary N) is 1. The Morgan fingerprint density at radius 1 is 1.11 bits per heavy atom. The molecule has 1 N–H and O–H groups in total. The second-order valence-electron chi connectivity index (χ2n) is 6.15. The van der Waals surface area contributed by atoms with E-state index < -0.39 is 0 Å². The Bertz CT molecular complexity index is 473. The molecule has 1 aromatic rings. The van der Waals surface area contributed by atoms with Gasteiger partial charge in [-0.25, -0.2) is 9.97 Å². The van der Waals surface area contributed by atoms with E-state index in [2.05, 4.69) is 20.2 Å².